The van der Waals surface area contributed by atoms with Crippen LogP contribution >= 0.6 is 0 Å². The SMILES string of the molecule is COC(=O)C[n+]1ccc(N(C)C)cc1. The van der Waals surface area contributed by atoms with Crippen LogP contribution in [-0.4, -0.2) is 27.2 Å². The maximum atomic E-state index is 10.9. The van der Waals surface area contributed by atoms with E-state index in [1.165, 1.54) is 7.11 Å². The molecule has 4 heteroatoms. The minimum absolute atomic E-state index is 0.243. The van der Waals surface area contributed by atoms with Crippen LogP contribution in [-0.2, 0) is 16.1 Å². The summed E-state index contributed by atoms with van der Waals surface area (Å²) in [5, 5.41) is 0. The zero-order chi connectivity index (χ0) is 10.6. The number of rotatable bonds is 3. The van der Waals surface area contributed by atoms with Gasteiger partial charge in [-0.05, 0) is 0 Å². The Kier molecular flexibility index (Phi) is 3.45. The number of nitrogens with zero attached hydrogens (tertiary/aromatic N) is 2. The second-order valence-corrected chi connectivity index (χ2v) is 3.20. The minimum atomic E-state index is -0.243. The number of aromatic nitrogens is 1. The molecule has 0 fully saturated rings. The molecule has 0 aromatic carbocycles. The largest absolute Gasteiger partial charge is 0.464 e. The Hall–Kier alpha value is -1.58. The van der Waals surface area contributed by atoms with Crippen molar-refractivity contribution in [2.45, 2.75) is 6.54 Å². The molecular weight excluding hydrogens is 180 g/mol. The lowest BCUT2D eigenvalue weighted by atomic mass is 10.4. The van der Waals surface area contributed by atoms with Gasteiger partial charge < -0.3 is 9.64 Å². The third-order valence-corrected chi connectivity index (χ3v) is 1.93. The Bertz CT molecular complexity index is 306. The van der Waals surface area contributed by atoms with E-state index in [4.69, 9.17) is 0 Å². The van der Waals surface area contributed by atoms with Gasteiger partial charge in [-0.15, -0.1) is 0 Å². The smallest absolute Gasteiger partial charge is 0.372 e. The number of pyridine rings is 1. The van der Waals surface area contributed by atoms with Gasteiger partial charge in [-0.3, -0.25) is 0 Å². The van der Waals surface area contributed by atoms with E-state index in [-0.39, 0.29) is 12.5 Å². The average molecular weight is 195 g/mol. The van der Waals surface area contributed by atoms with Crippen LogP contribution in [0.3, 0.4) is 0 Å². The molecule has 0 aliphatic rings. The maximum absolute atomic E-state index is 10.9. The first-order valence-corrected chi connectivity index (χ1v) is 4.36. The van der Waals surface area contributed by atoms with Gasteiger partial charge in [0.05, 0.1) is 7.11 Å². The third kappa shape index (κ3) is 2.73. The zero-order valence-electron chi connectivity index (χ0n) is 8.73. The van der Waals surface area contributed by atoms with Crippen molar-refractivity contribution in [2.75, 3.05) is 26.1 Å². The zero-order valence-corrected chi connectivity index (χ0v) is 8.73. The number of anilines is 1. The summed E-state index contributed by atoms with van der Waals surface area (Å²) in [6, 6.07) is 3.89. The standard InChI is InChI=1S/C10H15N2O2/c1-11(2)9-4-6-12(7-5-9)8-10(13)14-3/h4-7H,8H2,1-3H3/q+1. The average Bonchev–Trinajstić information content (AvgIpc) is 2.18. The van der Waals surface area contributed by atoms with Crippen LogP contribution in [0, 0.1) is 0 Å². The Labute approximate surface area is 83.7 Å². The number of methoxy groups -OCH3 is 1. The fraction of sp³-hybridized carbons (Fsp3) is 0.400. The molecule has 14 heavy (non-hydrogen) atoms. The summed E-state index contributed by atoms with van der Waals surface area (Å²) in [4.78, 5) is 12.9. The highest BCUT2D eigenvalue weighted by Gasteiger charge is 2.08. The lowest BCUT2D eigenvalue weighted by Crippen LogP contribution is -2.37. The number of hydrogen-bond acceptors (Lipinski definition) is 3. The van der Waals surface area contributed by atoms with Crippen LogP contribution in [0.5, 0.6) is 0 Å². The summed E-state index contributed by atoms with van der Waals surface area (Å²) in [7, 11) is 5.33. The van der Waals surface area contributed by atoms with Gasteiger partial charge in [0.25, 0.3) is 0 Å². The second kappa shape index (κ2) is 4.60. The van der Waals surface area contributed by atoms with E-state index in [9.17, 15) is 4.79 Å². The quantitative estimate of drug-likeness (QED) is 0.511. The first-order chi connectivity index (χ1) is 6.63. The lowest BCUT2D eigenvalue weighted by Gasteiger charge is -2.10. The predicted molar refractivity (Wildman–Crippen MR) is 53.0 cm³/mol. The molecule has 0 aliphatic carbocycles. The third-order valence-electron chi connectivity index (χ3n) is 1.93. The Morgan fingerprint density at radius 1 is 1.43 bits per heavy atom. The van der Waals surface area contributed by atoms with Crippen LogP contribution in [0.1, 0.15) is 0 Å². The summed E-state index contributed by atoms with van der Waals surface area (Å²) in [5.41, 5.74) is 1.10. The molecule has 0 spiro atoms. The molecule has 1 heterocycles. The lowest BCUT2D eigenvalue weighted by molar-refractivity contribution is -0.685. The Morgan fingerprint density at radius 2 is 2.00 bits per heavy atom. The van der Waals surface area contributed by atoms with E-state index in [1.807, 2.05) is 43.5 Å². The molecule has 0 bridgehead atoms. The van der Waals surface area contributed by atoms with Crippen molar-refractivity contribution in [2.24, 2.45) is 0 Å². The molecule has 76 valence electrons. The molecule has 0 saturated carbocycles. The molecule has 0 amide bonds. The molecule has 0 unspecified atom stereocenters. The van der Waals surface area contributed by atoms with Gasteiger partial charge in [-0.25, -0.2) is 4.79 Å². The topological polar surface area (TPSA) is 33.4 Å². The van der Waals surface area contributed by atoms with Gasteiger partial charge in [0, 0.05) is 31.9 Å². The second-order valence-electron chi connectivity index (χ2n) is 3.20. The van der Waals surface area contributed by atoms with Crippen LogP contribution in [0.25, 0.3) is 0 Å². The molecular formula is C10H15N2O2+. The van der Waals surface area contributed by atoms with Crippen molar-refractivity contribution in [1.82, 2.24) is 0 Å². The van der Waals surface area contributed by atoms with Gasteiger partial charge in [0.1, 0.15) is 0 Å². The van der Waals surface area contributed by atoms with E-state index in [1.54, 1.807) is 4.57 Å². The number of carbonyl (C=O) groups excluding carboxylic acids is 1. The van der Waals surface area contributed by atoms with Gasteiger partial charge in [0.15, 0.2) is 12.4 Å². The number of ether oxygens (including phenoxy) is 1. The molecule has 1 aromatic heterocycles. The van der Waals surface area contributed by atoms with Gasteiger partial charge in [0.2, 0.25) is 6.54 Å². The van der Waals surface area contributed by atoms with Crippen molar-refractivity contribution in [3.8, 4) is 0 Å². The fourth-order valence-electron chi connectivity index (χ4n) is 1.07. The number of hydrogen-bond donors (Lipinski definition) is 0. The number of esters is 1. The Balaban J connectivity index is 2.69. The molecule has 1 aromatic rings. The normalized spacial score (nSPS) is 9.64. The highest BCUT2D eigenvalue weighted by atomic mass is 16.5. The van der Waals surface area contributed by atoms with Crippen LogP contribution in [0.15, 0.2) is 24.5 Å². The monoisotopic (exact) mass is 195 g/mol. The number of carbonyl (C=O) groups is 1. The van der Waals surface area contributed by atoms with E-state index >= 15 is 0 Å². The van der Waals surface area contributed by atoms with Crippen molar-refractivity contribution in [3.05, 3.63) is 24.5 Å². The van der Waals surface area contributed by atoms with Crippen LogP contribution in [0.4, 0.5) is 5.69 Å². The van der Waals surface area contributed by atoms with Crippen LogP contribution in [0.2, 0.25) is 0 Å². The van der Waals surface area contributed by atoms with Crippen molar-refractivity contribution in [1.29, 1.82) is 0 Å². The minimum Gasteiger partial charge on any atom is -0.464 e. The highest BCUT2D eigenvalue weighted by Crippen LogP contribution is 2.05. The molecule has 0 saturated heterocycles. The molecule has 1 rings (SSSR count). The van der Waals surface area contributed by atoms with E-state index < -0.39 is 0 Å². The Morgan fingerprint density at radius 3 is 2.43 bits per heavy atom. The molecule has 4 nitrogen and oxygen atoms in total. The van der Waals surface area contributed by atoms with Gasteiger partial charge in [-0.1, -0.05) is 0 Å². The molecule has 0 N–H and O–H groups in total. The summed E-state index contributed by atoms with van der Waals surface area (Å²) >= 11 is 0. The van der Waals surface area contributed by atoms with Crippen molar-refractivity contribution in [3.63, 3.8) is 0 Å². The van der Waals surface area contributed by atoms with E-state index in [2.05, 4.69) is 4.74 Å². The first-order valence-electron chi connectivity index (χ1n) is 4.36. The van der Waals surface area contributed by atoms with Gasteiger partial charge >= 0.3 is 5.97 Å². The fourth-order valence-corrected chi connectivity index (χ4v) is 1.07. The molecule has 0 aliphatic heterocycles. The predicted octanol–water partition coefficient (Wildman–Crippen LogP) is 0.213. The summed E-state index contributed by atoms with van der Waals surface area (Å²) < 4.78 is 6.34. The van der Waals surface area contributed by atoms with Crippen LogP contribution < -0.4 is 9.47 Å². The summed E-state index contributed by atoms with van der Waals surface area (Å²) in [6.07, 6.45) is 3.71. The maximum Gasteiger partial charge on any atom is 0.372 e. The first kappa shape index (κ1) is 10.5. The molecule has 0 atom stereocenters. The summed E-state index contributed by atoms with van der Waals surface area (Å²) in [6.45, 7) is 0.254. The van der Waals surface area contributed by atoms with E-state index in [0.29, 0.717) is 0 Å². The van der Waals surface area contributed by atoms with Crippen molar-refractivity contribution < 1.29 is 14.1 Å². The van der Waals surface area contributed by atoms with E-state index in [0.717, 1.165) is 5.69 Å². The van der Waals surface area contributed by atoms with Crippen molar-refractivity contribution >= 4 is 11.7 Å². The van der Waals surface area contributed by atoms with Gasteiger partial charge in [-0.2, -0.15) is 4.57 Å². The summed E-state index contributed by atoms with van der Waals surface area (Å²) in [5.74, 6) is -0.243. The highest BCUT2D eigenvalue weighted by molar-refractivity contribution is 5.67. The molecule has 0 radical (unpaired) electrons.